The topological polar surface area (TPSA) is 51.1 Å². The Morgan fingerprint density at radius 2 is 1.76 bits per heavy atom. The molecule has 5 nitrogen and oxygen atoms in total. The van der Waals surface area contributed by atoms with Gasteiger partial charge in [-0.2, -0.15) is 8.78 Å². The first-order chi connectivity index (χ1) is 14.0. The van der Waals surface area contributed by atoms with Crippen molar-refractivity contribution in [2.45, 2.75) is 20.0 Å². The molecular formula is C21H20F2N2O3S. The second-order valence-electron chi connectivity index (χ2n) is 6.06. The second-order valence-corrected chi connectivity index (χ2v) is 7.12. The number of ether oxygens (including phenoxy) is 2. The molecule has 1 aliphatic heterocycles. The Bertz CT molecular complexity index is 913. The molecule has 3 rings (SSSR count). The van der Waals surface area contributed by atoms with E-state index in [1.165, 1.54) is 28.8 Å². The monoisotopic (exact) mass is 418 g/mol. The third-order valence-electron chi connectivity index (χ3n) is 4.00. The number of benzene rings is 2. The fraction of sp³-hybridized carbons (Fsp3) is 0.238. The van der Waals surface area contributed by atoms with Crippen molar-refractivity contribution in [2.24, 2.45) is 4.99 Å². The average molecular weight is 418 g/mol. The van der Waals surface area contributed by atoms with Gasteiger partial charge in [-0.25, -0.2) is 4.99 Å². The molecule has 0 spiro atoms. The molecule has 0 N–H and O–H groups in total. The quantitative estimate of drug-likeness (QED) is 0.581. The molecule has 1 aliphatic rings. The summed E-state index contributed by atoms with van der Waals surface area (Å²) in [5.74, 6) is 1.27. The molecule has 0 aliphatic carbocycles. The highest BCUT2D eigenvalue weighted by Crippen LogP contribution is 2.31. The molecule has 0 bridgehead atoms. The minimum Gasteiger partial charge on any atom is -0.497 e. The normalized spacial score (nSPS) is 15.2. The van der Waals surface area contributed by atoms with Crippen LogP contribution in [0.3, 0.4) is 0 Å². The molecule has 1 amide bonds. The standard InChI is InChI=1S/C21H20F2N2O3S/c1-3-12-29-21-24-18(13-14-4-8-16(27-2)9-5-14)19(26)25(21)15-6-10-17(11-7-15)28-20(22)23/h4-11,13,20H,3,12H2,1-2H3/b18-13-. The first-order valence-electron chi connectivity index (χ1n) is 8.98. The largest absolute Gasteiger partial charge is 0.497 e. The van der Waals surface area contributed by atoms with Gasteiger partial charge in [-0.3, -0.25) is 9.69 Å². The van der Waals surface area contributed by atoms with Crippen LogP contribution in [0.25, 0.3) is 6.08 Å². The van der Waals surface area contributed by atoms with Gasteiger partial charge in [0, 0.05) is 5.75 Å². The van der Waals surface area contributed by atoms with Gasteiger partial charge in [0.25, 0.3) is 5.91 Å². The van der Waals surface area contributed by atoms with Crippen LogP contribution < -0.4 is 14.4 Å². The fourth-order valence-corrected chi connectivity index (χ4v) is 3.52. The average Bonchev–Trinajstić information content (AvgIpc) is 3.02. The molecule has 0 radical (unpaired) electrons. The summed E-state index contributed by atoms with van der Waals surface area (Å²) in [5, 5.41) is 0.555. The maximum atomic E-state index is 13.0. The smallest absolute Gasteiger partial charge is 0.387 e. The second kappa shape index (κ2) is 9.56. The van der Waals surface area contributed by atoms with E-state index in [0.717, 1.165) is 23.5 Å². The van der Waals surface area contributed by atoms with Gasteiger partial charge >= 0.3 is 6.61 Å². The zero-order chi connectivity index (χ0) is 20.8. The number of hydrogen-bond donors (Lipinski definition) is 0. The van der Waals surface area contributed by atoms with E-state index in [2.05, 4.69) is 9.73 Å². The number of rotatable bonds is 7. The Morgan fingerprint density at radius 3 is 2.34 bits per heavy atom. The van der Waals surface area contributed by atoms with Crippen LogP contribution in [0.2, 0.25) is 0 Å². The van der Waals surface area contributed by atoms with E-state index in [-0.39, 0.29) is 11.7 Å². The Morgan fingerprint density at radius 1 is 1.10 bits per heavy atom. The SMILES string of the molecule is CCCSC1=N/C(=C\c2ccc(OC)cc2)C(=O)N1c1ccc(OC(F)F)cc1. The maximum absolute atomic E-state index is 13.0. The molecule has 0 fully saturated rings. The van der Waals surface area contributed by atoms with E-state index >= 15 is 0 Å². The lowest BCUT2D eigenvalue weighted by Crippen LogP contribution is -2.30. The highest BCUT2D eigenvalue weighted by molar-refractivity contribution is 8.14. The highest BCUT2D eigenvalue weighted by atomic mass is 32.2. The number of amides is 1. The van der Waals surface area contributed by atoms with Gasteiger partial charge in [-0.1, -0.05) is 30.8 Å². The number of thioether (sulfide) groups is 1. The predicted octanol–water partition coefficient (Wildman–Crippen LogP) is 5.18. The third-order valence-corrected chi connectivity index (χ3v) is 5.15. The van der Waals surface area contributed by atoms with Crippen molar-refractivity contribution >= 4 is 34.6 Å². The third kappa shape index (κ3) is 5.14. The maximum Gasteiger partial charge on any atom is 0.387 e. The van der Waals surface area contributed by atoms with Crippen molar-refractivity contribution in [2.75, 3.05) is 17.8 Å². The van der Waals surface area contributed by atoms with Crippen molar-refractivity contribution in [3.63, 3.8) is 0 Å². The molecule has 0 saturated heterocycles. The summed E-state index contributed by atoms with van der Waals surface area (Å²) in [4.78, 5) is 19.0. The molecule has 152 valence electrons. The van der Waals surface area contributed by atoms with Crippen LogP contribution in [0.15, 0.2) is 59.2 Å². The fourth-order valence-electron chi connectivity index (χ4n) is 2.65. The molecule has 0 unspecified atom stereocenters. The van der Waals surface area contributed by atoms with Crippen molar-refractivity contribution in [1.29, 1.82) is 0 Å². The van der Waals surface area contributed by atoms with E-state index in [1.807, 2.05) is 31.2 Å². The minimum atomic E-state index is -2.90. The van der Waals surface area contributed by atoms with Gasteiger partial charge in [0.15, 0.2) is 5.17 Å². The van der Waals surface area contributed by atoms with Crippen LogP contribution in [-0.2, 0) is 4.79 Å². The lowest BCUT2D eigenvalue weighted by Gasteiger charge is -2.18. The molecule has 29 heavy (non-hydrogen) atoms. The molecule has 8 heteroatoms. The first-order valence-corrected chi connectivity index (χ1v) is 9.97. The van der Waals surface area contributed by atoms with Gasteiger partial charge in [0.05, 0.1) is 12.8 Å². The summed E-state index contributed by atoms with van der Waals surface area (Å²) in [6.45, 7) is -0.857. The number of carbonyl (C=O) groups excluding carboxylic acids is 1. The predicted molar refractivity (Wildman–Crippen MR) is 112 cm³/mol. The van der Waals surface area contributed by atoms with E-state index in [9.17, 15) is 13.6 Å². The summed E-state index contributed by atoms with van der Waals surface area (Å²) in [7, 11) is 1.59. The van der Waals surface area contributed by atoms with Crippen molar-refractivity contribution in [3.8, 4) is 11.5 Å². The van der Waals surface area contributed by atoms with E-state index in [0.29, 0.717) is 16.6 Å². The number of aliphatic imine (C=N–C) groups is 1. The van der Waals surface area contributed by atoms with Gasteiger partial charge in [0.2, 0.25) is 0 Å². The van der Waals surface area contributed by atoms with Crippen LogP contribution >= 0.6 is 11.8 Å². The Kier molecular flexibility index (Phi) is 6.87. The Hall–Kier alpha value is -2.87. The Balaban J connectivity index is 1.88. The highest BCUT2D eigenvalue weighted by Gasteiger charge is 2.31. The van der Waals surface area contributed by atoms with Crippen LogP contribution in [0.1, 0.15) is 18.9 Å². The molecule has 0 aromatic heterocycles. The van der Waals surface area contributed by atoms with Crippen molar-refractivity contribution < 1.29 is 23.0 Å². The number of anilines is 1. The molecular weight excluding hydrogens is 398 g/mol. The summed E-state index contributed by atoms with van der Waals surface area (Å²) < 4.78 is 34.3. The van der Waals surface area contributed by atoms with E-state index < -0.39 is 6.61 Å². The van der Waals surface area contributed by atoms with Crippen LogP contribution in [0.4, 0.5) is 14.5 Å². The molecule has 0 saturated carbocycles. The zero-order valence-corrected chi connectivity index (χ0v) is 16.8. The number of halogens is 2. The molecule has 1 heterocycles. The minimum absolute atomic E-state index is 0.0316. The van der Waals surface area contributed by atoms with Gasteiger partial charge < -0.3 is 9.47 Å². The molecule has 0 atom stereocenters. The van der Waals surface area contributed by atoms with Gasteiger partial charge in [0.1, 0.15) is 17.2 Å². The van der Waals surface area contributed by atoms with Crippen LogP contribution in [0, 0.1) is 0 Å². The summed E-state index contributed by atoms with van der Waals surface area (Å²) in [6.07, 6.45) is 2.63. The molecule has 2 aromatic carbocycles. The number of carbonyl (C=O) groups is 1. The molecule has 2 aromatic rings. The first kappa shape index (κ1) is 20.9. The van der Waals surface area contributed by atoms with Crippen LogP contribution in [-0.4, -0.2) is 30.5 Å². The zero-order valence-electron chi connectivity index (χ0n) is 16.0. The summed E-state index contributed by atoms with van der Waals surface area (Å²) >= 11 is 1.47. The van der Waals surface area contributed by atoms with E-state index in [1.54, 1.807) is 25.3 Å². The Labute approximate surface area is 172 Å². The summed E-state index contributed by atoms with van der Waals surface area (Å²) in [6, 6.07) is 13.2. The number of hydrogen-bond acceptors (Lipinski definition) is 5. The van der Waals surface area contributed by atoms with Crippen LogP contribution in [0.5, 0.6) is 11.5 Å². The van der Waals surface area contributed by atoms with Crippen molar-refractivity contribution in [1.82, 2.24) is 0 Å². The summed E-state index contributed by atoms with van der Waals surface area (Å²) in [5.41, 5.74) is 1.67. The number of amidine groups is 1. The van der Waals surface area contributed by atoms with Crippen molar-refractivity contribution in [3.05, 3.63) is 59.8 Å². The van der Waals surface area contributed by atoms with Gasteiger partial charge in [-0.15, -0.1) is 0 Å². The number of nitrogens with zero attached hydrogens (tertiary/aromatic N) is 2. The van der Waals surface area contributed by atoms with Gasteiger partial charge in [-0.05, 0) is 54.5 Å². The van der Waals surface area contributed by atoms with E-state index in [4.69, 9.17) is 4.74 Å². The number of alkyl halides is 2. The lowest BCUT2D eigenvalue weighted by atomic mass is 10.2. The lowest BCUT2D eigenvalue weighted by molar-refractivity contribution is -0.113. The number of methoxy groups -OCH3 is 1.